The number of hydrogen-bond acceptors (Lipinski definition) is 3. The van der Waals surface area contributed by atoms with E-state index in [1.165, 1.54) is 37.9 Å². The summed E-state index contributed by atoms with van der Waals surface area (Å²) in [4.78, 5) is 14.9. The molecule has 25 heavy (non-hydrogen) atoms. The highest BCUT2D eigenvalue weighted by Crippen LogP contribution is 2.18. The van der Waals surface area contributed by atoms with Gasteiger partial charge in [0.15, 0.2) is 0 Å². The number of carbonyl (C=O) groups is 1. The summed E-state index contributed by atoms with van der Waals surface area (Å²) in [5.41, 5.74) is 2.71. The van der Waals surface area contributed by atoms with Gasteiger partial charge in [0, 0.05) is 17.8 Å². The lowest BCUT2D eigenvalue weighted by Gasteiger charge is -2.26. The Kier molecular flexibility index (Phi) is 6.07. The number of benzene rings is 2. The number of nitrogens with one attached hydrogen (secondary N) is 1. The third-order valence-electron chi connectivity index (χ3n) is 4.47. The Morgan fingerprint density at radius 1 is 1.08 bits per heavy atom. The van der Waals surface area contributed by atoms with E-state index in [1.54, 1.807) is 12.1 Å². The predicted molar refractivity (Wildman–Crippen MR) is 101 cm³/mol. The largest absolute Gasteiger partial charge is 0.494 e. The van der Waals surface area contributed by atoms with E-state index in [0.29, 0.717) is 12.2 Å². The molecule has 3 rings (SSSR count). The monoisotopic (exact) mass is 338 g/mol. The summed E-state index contributed by atoms with van der Waals surface area (Å²) in [6.07, 6.45) is 3.91. The number of nitrogens with zero attached hydrogens (tertiary/aromatic N) is 1. The van der Waals surface area contributed by atoms with Crippen LogP contribution in [-0.4, -0.2) is 30.5 Å². The van der Waals surface area contributed by atoms with Crippen LogP contribution in [0.3, 0.4) is 0 Å². The minimum atomic E-state index is -0.0989. The fourth-order valence-electron chi connectivity index (χ4n) is 3.20. The van der Waals surface area contributed by atoms with E-state index in [-0.39, 0.29) is 5.91 Å². The van der Waals surface area contributed by atoms with E-state index in [1.807, 2.05) is 31.2 Å². The molecule has 1 saturated heterocycles. The van der Waals surface area contributed by atoms with Crippen molar-refractivity contribution in [3.05, 3.63) is 59.7 Å². The van der Waals surface area contributed by atoms with Gasteiger partial charge in [-0.3, -0.25) is 9.69 Å². The second-order valence-electron chi connectivity index (χ2n) is 6.45. The van der Waals surface area contributed by atoms with Gasteiger partial charge in [0.05, 0.1) is 6.61 Å². The summed E-state index contributed by atoms with van der Waals surface area (Å²) in [6, 6.07) is 15.4. The zero-order valence-electron chi connectivity index (χ0n) is 14.8. The van der Waals surface area contributed by atoms with Gasteiger partial charge < -0.3 is 10.1 Å². The molecule has 2 aromatic rings. The maximum Gasteiger partial charge on any atom is 0.255 e. The Labute approximate surface area is 149 Å². The topological polar surface area (TPSA) is 41.6 Å². The molecule has 0 unspecified atom stereocenters. The third kappa shape index (κ3) is 5.07. The number of anilines is 1. The molecule has 4 heteroatoms. The SMILES string of the molecule is CCOc1ccc(C(=O)Nc2cccc(CN3CCCCC3)c2)cc1. The molecule has 1 fully saturated rings. The van der Waals surface area contributed by atoms with Crippen LogP contribution in [-0.2, 0) is 6.54 Å². The zero-order chi connectivity index (χ0) is 17.5. The van der Waals surface area contributed by atoms with E-state index >= 15 is 0 Å². The van der Waals surface area contributed by atoms with Crippen LogP contribution in [0.15, 0.2) is 48.5 Å². The lowest BCUT2D eigenvalue weighted by Crippen LogP contribution is -2.29. The number of piperidine rings is 1. The molecule has 1 amide bonds. The van der Waals surface area contributed by atoms with Crippen molar-refractivity contribution >= 4 is 11.6 Å². The fraction of sp³-hybridized carbons (Fsp3) is 0.381. The van der Waals surface area contributed by atoms with E-state index in [9.17, 15) is 4.79 Å². The summed E-state index contributed by atoms with van der Waals surface area (Å²) in [7, 11) is 0. The van der Waals surface area contributed by atoms with Gasteiger partial charge in [0.2, 0.25) is 0 Å². The summed E-state index contributed by atoms with van der Waals surface area (Å²) < 4.78 is 5.41. The van der Waals surface area contributed by atoms with Crippen molar-refractivity contribution in [3.63, 3.8) is 0 Å². The first-order valence-electron chi connectivity index (χ1n) is 9.10. The van der Waals surface area contributed by atoms with Crippen LogP contribution in [0.1, 0.15) is 42.1 Å². The van der Waals surface area contributed by atoms with Crippen molar-refractivity contribution < 1.29 is 9.53 Å². The van der Waals surface area contributed by atoms with Crippen molar-refractivity contribution in [2.24, 2.45) is 0 Å². The Bertz CT molecular complexity index is 691. The van der Waals surface area contributed by atoms with Gasteiger partial charge >= 0.3 is 0 Å². The van der Waals surface area contributed by atoms with Crippen LogP contribution in [0.25, 0.3) is 0 Å². The molecule has 1 aliphatic rings. The molecule has 0 radical (unpaired) electrons. The predicted octanol–water partition coefficient (Wildman–Crippen LogP) is 4.32. The van der Waals surface area contributed by atoms with Gasteiger partial charge in [-0.25, -0.2) is 0 Å². The average molecular weight is 338 g/mol. The highest BCUT2D eigenvalue weighted by atomic mass is 16.5. The van der Waals surface area contributed by atoms with Crippen molar-refractivity contribution in [1.82, 2.24) is 4.90 Å². The zero-order valence-corrected chi connectivity index (χ0v) is 14.8. The van der Waals surface area contributed by atoms with Crippen molar-refractivity contribution in [2.45, 2.75) is 32.7 Å². The van der Waals surface area contributed by atoms with Crippen molar-refractivity contribution in [1.29, 1.82) is 0 Å². The van der Waals surface area contributed by atoms with Crippen LogP contribution in [0.2, 0.25) is 0 Å². The van der Waals surface area contributed by atoms with Crippen molar-refractivity contribution in [2.75, 3.05) is 25.0 Å². The van der Waals surface area contributed by atoms with Crippen LogP contribution in [0, 0.1) is 0 Å². The quantitative estimate of drug-likeness (QED) is 0.853. The van der Waals surface area contributed by atoms with E-state index in [2.05, 4.69) is 22.3 Å². The Morgan fingerprint density at radius 3 is 2.56 bits per heavy atom. The molecular formula is C21H26N2O2. The first-order valence-corrected chi connectivity index (χ1v) is 9.10. The molecule has 2 aromatic carbocycles. The van der Waals surface area contributed by atoms with Gasteiger partial charge in [-0.1, -0.05) is 18.6 Å². The first kappa shape index (κ1) is 17.5. The Morgan fingerprint density at radius 2 is 1.84 bits per heavy atom. The van der Waals surface area contributed by atoms with Crippen LogP contribution in [0.5, 0.6) is 5.75 Å². The van der Waals surface area contributed by atoms with E-state index in [4.69, 9.17) is 4.74 Å². The van der Waals surface area contributed by atoms with Gasteiger partial charge in [-0.15, -0.1) is 0 Å². The number of amides is 1. The molecule has 0 spiro atoms. The summed E-state index contributed by atoms with van der Waals surface area (Å²) >= 11 is 0. The van der Waals surface area contributed by atoms with Crippen molar-refractivity contribution in [3.8, 4) is 5.75 Å². The average Bonchev–Trinajstić information content (AvgIpc) is 2.64. The highest BCUT2D eigenvalue weighted by Gasteiger charge is 2.11. The molecule has 1 heterocycles. The summed E-state index contributed by atoms with van der Waals surface area (Å²) in [5, 5.41) is 2.99. The lowest BCUT2D eigenvalue weighted by molar-refractivity contribution is 0.102. The lowest BCUT2D eigenvalue weighted by atomic mass is 10.1. The molecule has 132 valence electrons. The number of carbonyl (C=O) groups excluding carboxylic acids is 1. The van der Waals surface area contributed by atoms with Gasteiger partial charge in [-0.05, 0) is 74.8 Å². The third-order valence-corrected chi connectivity index (χ3v) is 4.47. The normalized spacial score (nSPS) is 14.9. The standard InChI is InChI=1S/C21H26N2O2/c1-2-25-20-11-9-18(10-12-20)21(24)22-19-8-6-7-17(15-19)16-23-13-4-3-5-14-23/h6-12,15H,2-5,13-14,16H2,1H3,(H,22,24). The summed E-state index contributed by atoms with van der Waals surface area (Å²) in [5.74, 6) is 0.681. The Hall–Kier alpha value is -2.33. The van der Waals surface area contributed by atoms with Gasteiger partial charge in [-0.2, -0.15) is 0 Å². The van der Waals surface area contributed by atoms with Gasteiger partial charge in [0.1, 0.15) is 5.75 Å². The fourth-order valence-corrected chi connectivity index (χ4v) is 3.20. The van der Waals surface area contributed by atoms with Crippen LogP contribution in [0.4, 0.5) is 5.69 Å². The molecule has 1 N–H and O–H groups in total. The first-order chi connectivity index (χ1) is 12.2. The smallest absolute Gasteiger partial charge is 0.255 e. The minimum absolute atomic E-state index is 0.0989. The molecule has 0 aliphatic carbocycles. The molecular weight excluding hydrogens is 312 g/mol. The number of hydrogen-bond donors (Lipinski definition) is 1. The maximum absolute atomic E-state index is 12.4. The molecule has 1 aliphatic heterocycles. The molecule has 0 bridgehead atoms. The molecule has 0 aromatic heterocycles. The molecule has 4 nitrogen and oxygen atoms in total. The minimum Gasteiger partial charge on any atom is -0.494 e. The Balaban J connectivity index is 1.61. The van der Waals surface area contributed by atoms with E-state index in [0.717, 1.165) is 18.0 Å². The molecule has 0 atom stereocenters. The van der Waals surface area contributed by atoms with Crippen LogP contribution >= 0.6 is 0 Å². The second kappa shape index (κ2) is 8.67. The van der Waals surface area contributed by atoms with Gasteiger partial charge in [0.25, 0.3) is 5.91 Å². The second-order valence-corrected chi connectivity index (χ2v) is 6.45. The highest BCUT2D eigenvalue weighted by molar-refractivity contribution is 6.04. The number of likely N-dealkylation sites (tertiary alicyclic amines) is 1. The van der Waals surface area contributed by atoms with Crippen LogP contribution < -0.4 is 10.1 Å². The maximum atomic E-state index is 12.4. The molecule has 0 saturated carbocycles. The van der Waals surface area contributed by atoms with E-state index < -0.39 is 0 Å². The number of rotatable bonds is 6. The summed E-state index contributed by atoms with van der Waals surface area (Å²) in [6.45, 7) is 5.85. The number of ether oxygens (including phenoxy) is 1.